The first-order valence-electron chi connectivity index (χ1n) is 6.09. The average Bonchev–Trinajstić information content (AvgIpc) is 2.87. The van der Waals surface area contributed by atoms with Crippen LogP contribution in [0.25, 0.3) is 0 Å². The largest absolute Gasteiger partial charge is 0.480 e. The van der Waals surface area contributed by atoms with Gasteiger partial charge in [0.25, 0.3) is 0 Å². The van der Waals surface area contributed by atoms with Gasteiger partial charge in [0, 0.05) is 6.54 Å². The fourth-order valence-corrected chi connectivity index (χ4v) is 4.39. The SMILES string of the molecule is BC(=O)N1CC2C3CCC(C3)C2[C@H]1C(=O)O. The fraction of sp³-hybridized carbons (Fsp3) is 0.818. The van der Waals surface area contributed by atoms with Gasteiger partial charge >= 0.3 is 5.97 Å². The summed E-state index contributed by atoms with van der Waals surface area (Å²) in [4.78, 5) is 24.4. The predicted molar refractivity (Wildman–Crippen MR) is 59.9 cm³/mol. The van der Waals surface area contributed by atoms with E-state index in [1.807, 2.05) is 0 Å². The summed E-state index contributed by atoms with van der Waals surface area (Å²) in [5.41, 5.74) is 0. The smallest absolute Gasteiger partial charge is 0.326 e. The van der Waals surface area contributed by atoms with Crippen molar-refractivity contribution in [3.8, 4) is 0 Å². The van der Waals surface area contributed by atoms with Gasteiger partial charge in [0.05, 0.1) is 0 Å². The lowest BCUT2D eigenvalue weighted by Gasteiger charge is -2.27. The Morgan fingerprint density at radius 2 is 1.94 bits per heavy atom. The molecule has 1 amide bonds. The third-order valence-corrected chi connectivity index (χ3v) is 4.92. The Morgan fingerprint density at radius 3 is 2.56 bits per heavy atom. The molecule has 1 heterocycles. The maximum atomic E-state index is 11.5. The number of likely N-dealkylation sites (tertiary alicyclic amines) is 1. The van der Waals surface area contributed by atoms with Crippen LogP contribution in [0.2, 0.25) is 0 Å². The van der Waals surface area contributed by atoms with Gasteiger partial charge < -0.3 is 10.0 Å². The summed E-state index contributed by atoms with van der Waals surface area (Å²) in [5.74, 6) is 1.04. The molecule has 16 heavy (non-hydrogen) atoms. The van der Waals surface area contributed by atoms with E-state index in [1.54, 1.807) is 4.90 Å². The number of rotatable bonds is 1. The quantitative estimate of drug-likeness (QED) is 0.642. The molecule has 5 heteroatoms. The van der Waals surface area contributed by atoms with Crippen LogP contribution in [0, 0.1) is 23.7 Å². The van der Waals surface area contributed by atoms with Gasteiger partial charge in [0.2, 0.25) is 7.85 Å². The number of amides is 1. The number of carboxylic acid groups (broad SMARTS) is 1. The van der Waals surface area contributed by atoms with E-state index >= 15 is 0 Å². The molecule has 86 valence electrons. The van der Waals surface area contributed by atoms with Crippen molar-refractivity contribution < 1.29 is 14.7 Å². The third-order valence-electron chi connectivity index (χ3n) is 4.92. The normalized spacial score (nSPS) is 44.8. The van der Waals surface area contributed by atoms with E-state index in [9.17, 15) is 14.7 Å². The summed E-state index contributed by atoms with van der Waals surface area (Å²) in [6, 6.07) is -0.544. The van der Waals surface area contributed by atoms with Crippen molar-refractivity contribution in [2.45, 2.75) is 25.3 Å². The van der Waals surface area contributed by atoms with Crippen LogP contribution >= 0.6 is 0 Å². The standard InChI is InChI=1S/C11H16BNO3/c12-11(16)13-4-7-5-1-2-6(3-5)8(7)9(13)10(14)15/h5-9H,1-4,12H2,(H,14,15)/t5?,6?,7?,8?,9-/m0/s1. The Morgan fingerprint density at radius 1 is 1.25 bits per heavy atom. The van der Waals surface area contributed by atoms with Crippen molar-refractivity contribution in [3.05, 3.63) is 0 Å². The molecule has 0 aromatic rings. The topological polar surface area (TPSA) is 57.6 Å². The molecule has 1 saturated heterocycles. The van der Waals surface area contributed by atoms with E-state index in [1.165, 1.54) is 27.1 Å². The fourth-order valence-electron chi connectivity index (χ4n) is 4.39. The number of carboxylic acids is 1. The molecule has 3 aliphatic rings. The molecule has 1 N–H and O–H groups in total. The lowest BCUT2D eigenvalue weighted by atomic mass is 9.78. The zero-order chi connectivity index (χ0) is 11.4. The minimum absolute atomic E-state index is 0.0822. The first kappa shape index (κ1) is 10.2. The minimum Gasteiger partial charge on any atom is -0.480 e. The molecular weight excluding hydrogens is 205 g/mol. The molecule has 0 radical (unpaired) electrons. The van der Waals surface area contributed by atoms with E-state index < -0.39 is 12.0 Å². The second-order valence-corrected chi connectivity index (χ2v) is 5.53. The summed E-state index contributed by atoms with van der Waals surface area (Å²) >= 11 is 0. The average molecular weight is 221 g/mol. The molecule has 2 aliphatic carbocycles. The van der Waals surface area contributed by atoms with Crippen molar-refractivity contribution in [1.29, 1.82) is 0 Å². The van der Waals surface area contributed by atoms with Gasteiger partial charge in [0.1, 0.15) is 6.04 Å². The molecule has 2 bridgehead atoms. The van der Waals surface area contributed by atoms with E-state index in [0.29, 0.717) is 24.3 Å². The van der Waals surface area contributed by atoms with Crippen LogP contribution in [0.1, 0.15) is 19.3 Å². The van der Waals surface area contributed by atoms with Crippen LogP contribution in [0.3, 0.4) is 0 Å². The van der Waals surface area contributed by atoms with Gasteiger partial charge in [0.15, 0.2) is 5.81 Å². The molecule has 2 saturated carbocycles. The van der Waals surface area contributed by atoms with Crippen LogP contribution in [0.4, 0.5) is 4.79 Å². The van der Waals surface area contributed by atoms with Crippen LogP contribution < -0.4 is 0 Å². The minimum atomic E-state index is -0.810. The Kier molecular flexibility index (Phi) is 2.07. The Balaban J connectivity index is 1.93. The highest BCUT2D eigenvalue weighted by atomic mass is 16.4. The molecular formula is C11H16BNO3. The Labute approximate surface area is 95.4 Å². The number of fused-ring (bicyclic) bond motifs is 5. The maximum Gasteiger partial charge on any atom is 0.326 e. The number of aliphatic carboxylic acids is 1. The molecule has 1 aliphatic heterocycles. The highest BCUT2D eigenvalue weighted by molar-refractivity contribution is 6.57. The van der Waals surface area contributed by atoms with E-state index in [0.717, 1.165) is 0 Å². The van der Waals surface area contributed by atoms with Gasteiger partial charge in [-0.05, 0) is 42.9 Å². The first-order chi connectivity index (χ1) is 7.59. The molecule has 3 rings (SSSR count). The monoisotopic (exact) mass is 221 g/mol. The molecule has 4 unspecified atom stereocenters. The predicted octanol–water partition coefficient (Wildman–Crippen LogP) is 0.171. The number of hydrogen-bond acceptors (Lipinski definition) is 2. The highest BCUT2D eigenvalue weighted by Crippen LogP contribution is 2.57. The summed E-state index contributed by atoms with van der Waals surface area (Å²) in [7, 11) is 1.49. The van der Waals surface area contributed by atoms with Crippen molar-refractivity contribution in [2.75, 3.05) is 6.54 Å². The van der Waals surface area contributed by atoms with Crippen LogP contribution in [-0.2, 0) is 4.79 Å². The molecule has 0 spiro atoms. The van der Waals surface area contributed by atoms with Crippen LogP contribution in [-0.4, -0.2) is 42.2 Å². The van der Waals surface area contributed by atoms with Crippen molar-refractivity contribution in [1.82, 2.24) is 4.90 Å². The van der Waals surface area contributed by atoms with Gasteiger partial charge in [-0.2, -0.15) is 0 Å². The summed E-state index contributed by atoms with van der Waals surface area (Å²) in [5, 5.41) is 9.31. The number of carbonyl (C=O) groups excluding carboxylic acids is 1. The summed E-state index contributed by atoms with van der Waals surface area (Å²) in [6.45, 7) is 0.679. The zero-order valence-corrected chi connectivity index (χ0v) is 9.43. The van der Waals surface area contributed by atoms with Gasteiger partial charge in [-0.15, -0.1) is 0 Å². The highest BCUT2D eigenvalue weighted by Gasteiger charge is 2.58. The molecule has 0 aromatic heterocycles. The van der Waals surface area contributed by atoms with Gasteiger partial charge in [-0.1, -0.05) is 0 Å². The zero-order valence-electron chi connectivity index (χ0n) is 9.43. The van der Waals surface area contributed by atoms with Crippen LogP contribution in [0.5, 0.6) is 0 Å². The second-order valence-electron chi connectivity index (χ2n) is 5.53. The van der Waals surface area contributed by atoms with Crippen molar-refractivity contribution >= 4 is 19.6 Å². The molecule has 0 aromatic carbocycles. The van der Waals surface area contributed by atoms with E-state index in [-0.39, 0.29) is 11.7 Å². The van der Waals surface area contributed by atoms with Crippen LogP contribution in [0.15, 0.2) is 0 Å². The third kappa shape index (κ3) is 1.17. The molecule has 5 atom stereocenters. The second kappa shape index (κ2) is 3.25. The number of hydrogen-bond donors (Lipinski definition) is 1. The van der Waals surface area contributed by atoms with E-state index in [2.05, 4.69) is 0 Å². The summed E-state index contributed by atoms with van der Waals surface area (Å²) in [6.07, 6.45) is 3.61. The Bertz CT molecular complexity index is 359. The molecule has 3 fully saturated rings. The van der Waals surface area contributed by atoms with Crippen molar-refractivity contribution in [2.24, 2.45) is 23.7 Å². The van der Waals surface area contributed by atoms with Gasteiger partial charge in [-0.25, -0.2) is 4.79 Å². The summed E-state index contributed by atoms with van der Waals surface area (Å²) < 4.78 is 0. The Hall–Kier alpha value is -0.995. The molecule has 4 nitrogen and oxygen atoms in total. The number of nitrogens with zero attached hydrogens (tertiary/aromatic N) is 1. The lowest BCUT2D eigenvalue weighted by Crippen LogP contribution is -2.44. The first-order valence-corrected chi connectivity index (χ1v) is 6.09. The van der Waals surface area contributed by atoms with E-state index in [4.69, 9.17) is 0 Å². The maximum absolute atomic E-state index is 11.5. The van der Waals surface area contributed by atoms with Crippen molar-refractivity contribution in [3.63, 3.8) is 0 Å². The number of carbonyl (C=O) groups is 2. The lowest BCUT2D eigenvalue weighted by molar-refractivity contribution is -0.143. The van der Waals surface area contributed by atoms with Gasteiger partial charge in [-0.3, -0.25) is 4.79 Å².